The minimum absolute atomic E-state index is 0.0511. The fourth-order valence-corrected chi connectivity index (χ4v) is 5.80. The Morgan fingerprint density at radius 1 is 0.611 bits per heavy atom. The van der Waals surface area contributed by atoms with Crippen LogP contribution in [0.15, 0.2) is 140 Å². The highest BCUT2D eigenvalue weighted by molar-refractivity contribution is 5.95. The van der Waals surface area contributed by atoms with Crippen molar-refractivity contribution in [3.63, 3.8) is 0 Å². The van der Waals surface area contributed by atoms with Crippen molar-refractivity contribution in [1.29, 1.82) is 0 Å². The molecule has 0 aromatic heterocycles. The third-order valence-electron chi connectivity index (χ3n) is 8.64. The minimum atomic E-state index is -1.06. The first-order chi connectivity index (χ1) is 26.3. The molecule has 1 aliphatic rings. The molecule has 0 bridgehead atoms. The van der Waals surface area contributed by atoms with E-state index in [0.717, 1.165) is 16.7 Å². The van der Waals surface area contributed by atoms with E-state index in [1.54, 1.807) is 50.2 Å². The Kier molecular flexibility index (Phi) is 13.4. The lowest BCUT2D eigenvalue weighted by Crippen LogP contribution is -2.54. The van der Waals surface area contributed by atoms with E-state index in [0.29, 0.717) is 35.8 Å². The number of hydrogen-bond donors (Lipinski definition) is 2. The van der Waals surface area contributed by atoms with E-state index in [-0.39, 0.29) is 38.1 Å². The van der Waals surface area contributed by atoms with Gasteiger partial charge in [-0.25, -0.2) is 0 Å². The first-order valence-corrected chi connectivity index (χ1v) is 18.0. The first kappa shape index (κ1) is 38.2. The van der Waals surface area contributed by atoms with Gasteiger partial charge in [0.15, 0.2) is 12.1 Å². The third-order valence-corrected chi connectivity index (χ3v) is 8.64. The number of rotatable bonds is 15. The molecule has 6 rings (SSSR count). The lowest BCUT2D eigenvalue weighted by atomic mass is 10.1. The van der Waals surface area contributed by atoms with Gasteiger partial charge < -0.3 is 39.1 Å². The molecule has 0 unspecified atom stereocenters. The molecule has 1 aliphatic heterocycles. The molecule has 1 heterocycles. The summed E-state index contributed by atoms with van der Waals surface area (Å²) in [6.45, 7) is 4.82. The second-order valence-corrected chi connectivity index (χ2v) is 13.3. The van der Waals surface area contributed by atoms with Gasteiger partial charge in [-0.3, -0.25) is 9.59 Å². The Morgan fingerprint density at radius 2 is 1.07 bits per heavy atom. The van der Waals surface area contributed by atoms with Gasteiger partial charge in [0.2, 0.25) is 0 Å². The summed E-state index contributed by atoms with van der Waals surface area (Å²) in [5, 5.41) is 5.99. The standard InChI is InChI=1S/C44H46N2O8/c1-44(2)52-31-41(51-30-34-18-10-5-11-19-34)53-39(26-45-42(47)35-20-12-22-37(24-35)49-28-32-14-6-3-7-15-32)40(54-44)27-46-43(48)36-21-13-23-38(25-36)50-29-33-16-8-4-9-17-33/h3-25,39-41H,26-31H2,1-2H3,(H,45,47)(H,46,48)/t39-,40+,41-/m1/s1. The van der Waals surface area contributed by atoms with Crippen molar-refractivity contribution in [2.24, 2.45) is 0 Å². The SMILES string of the molecule is CC1(C)OC[C@H](OCc2ccccc2)O[C@H](CNC(=O)c2cccc(OCc3ccccc3)c2)[C@H](CNC(=O)c2cccc(OCc3ccccc3)c2)O1. The topological polar surface area (TPSA) is 114 Å². The molecule has 0 radical (unpaired) electrons. The number of amides is 2. The summed E-state index contributed by atoms with van der Waals surface area (Å²) in [6, 6.07) is 43.4. The van der Waals surface area contributed by atoms with Gasteiger partial charge in [0.05, 0.1) is 6.61 Å². The highest BCUT2D eigenvalue weighted by Gasteiger charge is 2.37. The summed E-state index contributed by atoms with van der Waals surface area (Å²) in [6.07, 6.45) is -2.27. The fraction of sp³-hybridized carbons (Fsp3) is 0.273. The van der Waals surface area contributed by atoms with E-state index in [1.165, 1.54) is 0 Å². The molecule has 1 saturated heterocycles. The van der Waals surface area contributed by atoms with E-state index in [4.69, 9.17) is 28.4 Å². The zero-order valence-corrected chi connectivity index (χ0v) is 30.5. The van der Waals surface area contributed by atoms with Crippen molar-refractivity contribution in [3.05, 3.63) is 167 Å². The monoisotopic (exact) mass is 730 g/mol. The van der Waals surface area contributed by atoms with Gasteiger partial charge in [-0.05, 0) is 66.9 Å². The first-order valence-electron chi connectivity index (χ1n) is 18.0. The number of carbonyl (C=O) groups is 2. The molecule has 280 valence electrons. The van der Waals surface area contributed by atoms with Crippen LogP contribution in [-0.4, -0.2) is 55.8 Å². The number of nitrogens with one attached hydrogen (secondary N) is 2. The van der Waals surface area contributed by atoms with Gasteiger partial charge in [-0.2, -0.15) is 0 Å². The van der Waals surface area contributed by atoms with E-state index in [2.05, 4.69) is 10.6 Å². The molecule has 10 nitrogen and oxygen atoms in total. The summed E-state index contributed by atoms with van der Waals surface area (Å²) in [5.41, 5.74) is 3.86. The van der Waals surface area contributed by atoms with Gasteiger partial charge in [-0.15, -0.1) is 0 Å². The Morgan fingerprint density at radius 3 is 1.57 bits per heavy atom. The van der Waals surface area contributed by atoms with Crippen molar-refractivity contribution in [2.75, 3.05) is 19.7 Å². The van der Waals surface area contributed by atoms with Crippen LogP contribution < -0.4 is 20.1 Å². The summed E-state index contributed by atoms with van der Waals surface area (Å²) < 4.78 is 37.0. The van der Waals surface area contributed by atoms with Gasteiger partial charge >= 0.3 is 0 Å². The molecule has 0 aliphatic carbocycles. The highest BCUT2D eigenvalue weighted by atomic mass is 16.8. The lowest BCUT2D eigenvalue weighted by molar-refractivity contribution is -0.325. The maximum Gasteiger partial charge on any atom is 0.251 e. The second kappa shape index (κ2) is 19.0. The number of benzene rings is 5. The average molecular weight is 731 g/mol. The van der Waals surface area contributed by atoms with E-state index in [9.17, 15) is 9.59 Å². The molecule has 54 heavy (non-hydrogen) atoms. The smallest absolute Gasteiger partial charge is 0.251 e. The van der Waals surface area contributed by atoms with Crippen LogP contribution in [0.5, 0.6) is 11.5 Å². The van der Waals surface area contributed by atoms with Crippen LogP contribution in [0.3, 0.4) is 0 Å². The Hall–Kier alpha value is -5.52. The molecule has 3 atom stereocenters. The van der Waals surface area contributed by atoms with Crippen molar-refractivity contribution in [2.45, 2.75) is 58.0 Å². The van der Waals surface area contributed by atoms with Crippen LogP contribution in [0.4, 0.5) is 0 Å². The maximum atomic E-state index is 13.5. The van der Waals surface area contributed by atoms with Gasteiger partial charge in [0.25, 0.3) is 11.8 Å². The molecule has 2 amide bonds. The van der Waals surface area contributed by atoms with Crippen LogP contribution in [0.25, 0.3) is 0 Å². The molecular formula is C44H46N2O8. The normalized spacial score (nSPS) is 18.1. The van der Waals surface area contributed by atoms with Crippen molar-refractivity contribution in [3.8, 4) is 11.5 Å². The predicted molar refractivity (Wildman–Crippen MR) is 204 cm³/mol. The third kappa shape index (κ3) is 11.7. The Balaban J connectivity index is 1.14. The van der Waals surface area contributed by atoms with Crippen molar-refractivity contribution in [1.82, 2.24) is 10.6 Å². The van der Waals surface area contributed by atoms with Gasteiger partial charge in [0, 0.05) is 24.2 Å². The van der Waals surface area contributed by atoms with E-state index in [1.807, 2.05) is 103 Å². The lowest BCUT2D eigenvalue weighted by Gasteiger charge is -2.40. The second-order valence-electron chi connectivity index (χ2n) is 13.3. The molecule has 5 aromatic rings. The van der Waals surface area contributed by atoms with Gasteiger partial charge in [-0.1, -0.05) is 103 Å². The Labute approximate surface area is 316 Å². The van der Waals surface area contributed by atoms with Crippen molar-refractivity contribution < 1.29 is 38.0 Å². The highest BCUT2D eigenvalue weighted by Crippen LogP contribution is 2.24. The van der Waals surface area contributed by atoms with Crippen molar-refractivity contribution >= 4 is 11.8 Å². The summed E-state index contributed by atoms with van der Waals surface area (Å²) in [5.74, 6) is -0.568. The number of ether oxygens (including phenoxy) is 6. The number of carbonyl (C=O) groups excluding carboxylic acids is 2. The quantitative estimate of drug-likeness (QED) is 0.118. The summed E-state index contributed by atoms with van der Waals surface area (Å²) in [4.78, 5) is 27.0. The van der Waals surface area contributed by atoms with Gasteiger partial charge in [0.1, 0.15) is 43.5 Å². The van der Waals surface area contributed by atoms with E-state index < -0.39 is 24.3 Å². The molecule has 2 N–H and O–H groups in total. The molecular weight excluding hydrogens is 684 g/mol. The molecule has 0 spiro atoms. The van der Waals surface area contributed by atoms with Crippen LogP contribution >= 0.6 is 0 Å². The molecule has 5 aromatic carbocycles. The largest absolute Gasteiger partial charge is 0.489 e. The number of hydrogen-bond acceptors (Lipinski definition) is 8. The maximum absolute atomic E-state index is 13.5. The van der Waals surface area contributed by atoms with Crippen LogP contribution in [0, 0.1) is 0 Å². The van der Waals surface area contributed by atoms with Crippen LogP contribution in [-0.2, 0) is 38.8 Å². The van der Waals surface area contributed by atoms with E-state index >= 15 is 0 Å². The summed E-state index contributed by atoms with van der Waals surface area (Å²) in [7, 11) is 0. The predicted octanol–water partition coefficient (Wildman–Crippen LogP) is 7.08. The van der Waals surface area contributed by atoms with Crippen LogP contribution in [0.1, 0.15) is 51.3 Å². The minimum Gasteiger partial charge on any atom is -0.489 e. The zero-order chi connectivity index (χ0) is 37.6. The molecule has 10 heteroatoms. The average Bonchev–Trinajstić information content (AvgIpc) is 3.21. The fourth-order valence-electron chi connectivity index (χ4n) is 5.80. The molecule has 1 fully saturated rings. The van der Waals surface area contributed by atoms with Crippen LogP contribution in [0.2, 0.25) is 0 Å². The Bertz CT molecular complexity index is 1920. The zero-order valence-electron chi connectivity index (χ0n) is 30.5. The summed E-state index contributed by atoms with van der Waals surface area (Å²) >= 11 is 0. The molecule has 0 saturated carbocycles.